The molecule has 1 amide bonds. The van der Waals surface area contributed by atoms with Gasteiger partial charge in [-0.3, -0.25) is 0 Å². The number of rotatable bonds is 2. The number of fused-ring (bicyclic) bond motifs is 3. The van der Waals surface area contributed by atoms with Crippen molar-refractivity contribution in [2.24, 2.45) is 0 Å². The number of H-pyrrole nitrogens is 1. The van der Waals surface area contributed by atoms with Crippen molar-refractivity contribution in [2.45, 2.75) is 51.7 Å². The Labute approximate surface area is 163 Å². The van der Waals surface area contributed by atoms with Gasteiger partial charge in [0.15, 0.2) is 5.65 Å². The van der Waals surface area contributed by atoms with Crippen LogP contribution in [0.3, 0.4) is 0 Å². The second kappa shape index (κ2) is 6.82. The molecule has 1 aromatic carbocycles. The number of hydrogen-bond acceptors (Lipinski definition) is 5. The third-order valence-electron chi connectivity index (χ3n) is 4.85. The first-order chi connectivity index (χ1) is 13.3. The molecular weight excluding hydrogens is 356 g/mol. The van der Waals surface area contributed by atoms with Crippen LogP contribution in [0.2, 0.25) is 0 Å². The smallest absolute Gasteiger partial charge is 0.407 e. The molecule has 7 heteroatoms. The Morgan fingerprint density at radius 1 is 1.29 bits per heavy atom. The highest BCUT2D eigenvalue weighted by Gasteiger charge is 2.26. The minimum absolute atomic E-state index is 0.00286. The number of aryl methyl sites for hydroxylation is 1. The van der Waals surface area contributed by atoms with Crippen molar-refractivity contribution < 1.29 is 14.6 Å². The molecule has 0 bridgehead atoms. The lowest BCUT2D eigenvalue weighted by Gasteiger charge is -2.26. The van der Waals surface area contributed by atoms with E-state index in [1.165, 1.54) is 0 Å². The fourth-order valence-corrected chi connectivity index (χ4v) is 3.63. The summed E-state index contributed by atoms with van der Waals surface area (Å²) in [6.45, 7) is 5.55. The van der Waals surface area contributed by atoms with Crippen LogP contribution < -0.4 is 5.32 Å². The summed E-state index contributed by atoms with van der Waals surface area (Å²) >= 11 is 0. The van der Waals surface area contributed by atoms with Gasteiger partial charge >= 0.3 is 6.09 Å². The molecule has 2 heterocycles. The van der Waals surface area contributed by atoms with E-state index in [0.29, 0.717) is 17.7 Å². The number of amides is 1. The second-order valence-electron chi connectivity index (χ2n) is 8.18. The maximum atomic E-state index is 12.1. The van der Waals surface area contributed by atoms with Gasteiger partial charge in [0.05, 0.1) is 5.69 Å². The van der Waals surface area contributed by atoms with Gasteiger partial charge in [0.2, 0.25) is 0 Å². The first-order valence-corrected chi connectivity index (χ1v) is 9.45. The SMILES string of the molecule is CC(C)(C)OC(=O)NC1CCc2[nH]c3nnc(-c4ccccc4O)cc3c2C1. The van der Waals surface area contributed by atoms with Gasteiger partial charge in [-0.2, -0.15) is 0 Å². The Balaban J connectivity index is 1.62. The van der Waals surface area contributed by atoms with Crippen LogP contribution in [0, 0.1) is 0 Å². The van der Waals surface area contributed by atoms with Crippen LogP contribution >= 0.6 is 0 Å². The summed E-state index contributed by atoms with van der Waals surface area (Å²) in [7, 11) is 0. The van der Waals surface area contributed by atoms with Crippen molar-refractivity contribution in [3.05, 3.63) is 41.6 Å². The van der Waals surface area contributed by atoms with E-state index in [1.807, 2.05) is 39.0 Å². The third-order valence-corrected chi connectivity index (χ3v) is 4.85. The fraction of sp³-hybridized carbons (Fsp3) is 0.381. The number of aromatic amines is 1. The van der Waals surface area contributed by atoms with Crippen molar-refractivity contribution in [2.75, 3.05) is 0 Å². The topological polar surface area (TPSA) is 100 Å². The fourth-order valence-electron chi connectivity index (χ4n) is 3.63. The van der Waals surface area contributed by atoms with Crippen LogP contribution in [-0.4, -0.2) is 38.0 Å². The zero-order valence-electron chi connectivity index (χ0n) is 16.2. The minimum Gasteiger partial charge on any atom is -0.507 e. The van der Waals surface area contributed by atoms with Crippen molar-refractivity contribution in [3.8, 4) is 17.0 Å². The summed E-state index contributed by atoms with van der Waals surface area (Å²) in [5.41, 5.74) is 3.73. The van der Waals surface area contributed by atoms with Gasteiger partial charge in [-0.05, 0) is 63.8 Å². The highest BCUT2D eigenvalue weighted by Crippen LogP contribution is 2.32. The van der Waals surface area contributed by atoms with Crippen LogP contribution in [0.4, 0.5) is 4.79 Å². The zero-order chi connectivity index (χ0) is 19.9. The maximum absolute atomic E-state index is 12.1. The molecule has 1 aliphatic rings. The number of alkyl carbamates (subject to hydrolysis) is 1. The van der Waals surface area contributed by atoms with Gasteiger partial charge < -0.3 is 20.1 Å². The van der Waals surface area contributed by atoms with Crippen molar-refractivity contribution in [3.63, 3.8) is 0 Å². The molecule has 0 aliphatic heterocycles. The van der Waals surface area contributed by atoms with Crippen LogP contribution in [-0.2, 0) is 17.6 Å². The summed E-state index contributed by atoms with van der Waals surface area (Å²) in [6, 6.07) is 9.03. The molecule has 2 aromatic heterocycles. The quantitative estimate of drug-likeness (QED) is 0.629. The molecule has 0 spiro atoms. The maximum Gasteiger partial charge on any atom is 0.407 e. The monoisotopic (exact) mass is 380 g/mol. The standard InChI is InChI=1S/C21H24N4O3/c1-21(2,3)28-20(27)22-12-8-9-16-14(10-12)15-11-17(24-25-19(15)23-16)13-6-4-5-7-18(13)26/h4-7,11-12,26H,8-10H2,1-3H3,(H,22,27)(H,23,25). The van der Waals surface area contributed by atoms with Gasteiger partial charge in [-0.15, -0.1) is 10.2 Å². The molecule has 1 aliphatic carbocycles. The Kier molecular flexibility index (Phi) is 4.45. The van der Waals surface area contributed by atoms with Crippen molar-refractivity contribution in [1.29, 1.82) is 0 Å². The predicted molar refractivity (Wildman–Crippen MR) is 106 cm³/mol. The molecular formula is C21H24N4O3. The average Bonchev–Trinajstić information content (AvgIpc) is 2.98. The number of nitrogens with zero attached hydrogens (tertiary/aromatic N) is 2. The highest BCUT2D eigenvalue weighted by atomic mass is 16.6. The van der Waals surface area contributed by atoms with E-state index in [1.54, 1.807) is 12.1 Å². The van der Waals surface area contributed by atoms with E-state index in [2.05, 4.69) is 20.5 Å². The highest BCUT2D eigenvalue weighted by molar-refractivity contribution is 5.85. The largest absolute Gasteiger partial charge is 0.507 e. The van der Waals surface area contributed by atoms with Gasteiger partial charge in [0.1, 0.15) is 11.4 Å². The minimum atomic E-state index is -0.521. The number of ether oxygens (including phenoxy) is 1. The number of para-hydroxylation sites is 1. The van der Waals surface area contributed by atoms with E-state index in [-0.39, 0.29) is 11.8 Å². The number of carbonyl (C=O) groups is 1. The lowest BCUT2D eigenvalue weighted by atomic mass is 9.91. The molecule has 3 aromatic rings. The molecule has 4 rings (SSSR count). The molecule has 1 atom stereocenters. The number of benzene rings is 1. The number of carbonyl (C=O) groups excluding carboxylic acids is 1. The molecule has 3 N–H and O–H groups in total. The van der Waals surface area contributed by atoms with Crippen LogP contribution in [0.15, 0.2) is 30.3 Å². The Morgan fingerprint density at radius 3 is 2.82 bits per heavy atom. The molecule has 0 radical (unpaired) electrons. The summed E-state index contributed by atoms with van der Waals surface area (Å²) in [5.74, 6) is 0.171. The Hall–Kier alpha value is -3.09. The lowest BCUT2D eigenvalue weighted by Crippen LogP contribution is -2.41. The Morgan fingerprint density at radius 2 is 2.07 bits per heavy atom. The average molecular weight is 380 g/mol. The van der Waals surface area contributed by atoms with E-state index in [4.69, 9.17) is 4.74 Å². The van der Waals surface area contributed by atoms with Gasteiger partial charge in [0, 0.05) is 22.7 Å². The van der Waals surface area contributed by atoms with E-state index in [0.717, 1.165) is 35.1 Å². The molecule has 0 saturated carbocycles. The van der Waals surface area contributed by atoms with Gasteiger partial charge in [-0.1, -0.05) is 12.1 Å². The van der Waals surface area contributed by atoms with E-state index in [9.17, 15) is 9.90 Å². The molecule has 0 fully saturated rings. The summed E-state index contributed by atoms with van der Waals surface area (Å²) in [4.78, 5) is 15.5. The van der Waals surface area contributed by atoms with E-state index < -0.39 is 11.7 Å². The molecule has 7 nitrogen and oxygen atoms in total. The third kappa shape index (κ3) is 3.65. The van der Waals surface area contributed by atoms with Crippen molar-refractivity contribution >= 4 is 17.1 Å². The normalized spacial score (nSPS) is 16.6. The zero-order valence-corrected chi connectivity index (χ0v) is 16.2. The number of aromatic hydroxyl groups is 1. The van der Waals surface area contributed by atoms with Gasteiger partial charge in [-0.25, -0.2) is 4.79 Å². The number of hydrogen-bond donors (Lipinski definition) is 3. The molecule has 1 unspecified atom stereocenters. The number of phenols is 1. The Bertz CT molecular complexity index is 1040. The van der Waals surface area contributed by atoms with Crippen LogP contribution in [0.1, 0.15) is 38.4 Å². The first-order valence-electron chi connectivity index (χ1n) is 9.45. The lowest BCUT2D eigenvalue weighted by molar-refractivity contribution is 0.0500. The van der Waals surface area contributed by atoms with E-state index >= 15 is 0 Å². The number of aromatic nitrogens is 3. The second-order valence-corrected chi connectivity index (χ2v) is 8.18. The summed E-state index contributed by atoms with van der Waals surface area (Å²) < 4.78 is 5.38. The molecule has 28 heavy (non-hydrogen) atoms. The first kappa shape index (κ1) is 18.3. The molecule has 0 saturated heterocycles. The van der Waals surface area contributed by atoms with Crippen LogP contribution in [0.5, 0.6) is 5.75 Å². The summed E-state index contributed by atoms with van der Waals surface area (Å²) in [5, 5.41) is 22.6. The van der Waals surface area contributed by atoms with Gasteiger partial charge in [0.25, 0.3) is 0 Å². The predicted octanol–water partition coefficient (Wildman–Crippen LogP) is 3.71. The molecule has 146 valence electrons. The van der Waals surface area contributed by atoms with Crippen LogP contribution in [0.25, 0.3) is 22.3 Å². The summed E-state index contributed by atoms with van der Waals surface area (Å²) in [6.07, 6.45) is 1.95. The number of nitrogens with one attached hydrogen (secondary N) is 2. The van der Waals surface area contributed by atoms with Crippen molar-refractivity contribution in [1.82, 2.24) is 20.5 Å². The number of phenolic OH excluding ortho intramolecular Hbond substituents is 1.